The maximum atomic E-state index is 12.3. The van der Waals surface area contributed by atoms with Crippen molar-refractivity contribution in [1.29, 1.82) is 0 Å². The standard InChI is InChI=1S/C14H14BrNOS/c15-12-6-8-18-14(12)9-13(17)11-4-2-1-3-10(11)5-7-16/h1-4,6,8H,5,7,9,16H2. The third-order valence-corrected chi connectivity index (χ3v) is 4.67. The van der Waals surface area contributed by atoms with E-state index in [1.54, 1.807) is 11.3 Å². The zero-order valence-corrected chi connectivity index (χ0v) is 12.3. The van der Waals surface area contributed by atoms with Crippen LogP contribution in [0, 0.1) is 0 Å². The molecule has 0 radical (unpaired) electrons. The molecule has 2 N–H and O–H groups in total. The van der Waals surface area contributed by atoms with Crippen molar-refractivity contribution in [3.8, 4) is 0 Å². The molecule has 0 amide bonds. The first kappa shape index (κ1) is 13.5. The van der Waals surface area contributed by atoms with Crippen LogP contribution in [0.3, 0.4) is 0 Å². The molecule has 1 aromatic heterocycles. The van der Waals surface area contributed by atoms with E-state index < -0.39 is 0 Å². The molecule has 0 saturated heterocycles. The van der Waals surface area contributed by atoms with Crippen LogP contribution in [0.15, 0.2) is 40.2 Å². The molecule has 0 unspecified atom stereocenters. The predicted molar refractivity (Wildman–Crippen MR) is 79.3 cm³/mol. The molecular formula is C14H14BrNOS. The lowest BCUT2D eigenvalue weighted by atomic mass is 9.99. The molecule has 94 valence electrons. The lowest BCUT2D eigenvalue weighted by molar-refractivity contribution is 0.0993. The Labute approximate surface area is 119 Å². The van der Waals surface area contributed by atoms with E-state index >= 15 is 0 Å². The van der Waals surface area contributed by atoms with Crippen molar-refractivity contribution >= 4 is 33.0 Å². The van der Waals surface area contributed by atoms with Gasteiger partial charge in [-0.1, -0.05) is 24.3 Å². The second-order valence-electron chi connectivity index (χ2n) is 3.99. The van der Waals surface area contributed by atoms with Gasteiger partial charge in [-0.05, 0) is 45.9 Å². The van der Waals surface area contributed by atoms with Crippen LogP contribution < -0.4 is 5.73 Å². The van der Waals surface area contributed by atoms with Crippen LogP contribution in [0.2, 0.25) is 0 Å². The first-order chi connectivity index (χ1) is 8.72. The molecule has 18 heavy (non-hydrogen) atoms. The smallest absolute Gasteiger partial charge is 0.168 e. The fourth-order valence-electron chi connectivity index (χ4n) is 1.86. The van der Waals surface area contributed by atoms with Gasteiger partial charge >= 0.3 is 0 Å². The average Bonchev–Trinajstić information content (AvgIpc) is 2.76. The van der Waals surface area contributed by atoms with Gasteiger partial charge in [-0.3, -0.25) is 4.79 Å². The van der Waals surface area contributed by atoms with E-state index in [-0.39, 0.29) is 5.78 Å². The molecule has 0 bridgehead atoms. The molecule has 0 aliphatic heterocycles. The summed E-state index contributed by atoms with van der Waals surface area (Å²) in [4.78, 5) is 13.4. The van der Waals surface area contributed by atoms with Crippen molar-refractivity contribution in [2.24, 2.45) is 5.73 Å². The number of ketones is 1. The number of carbonyl (C=O) groups is 1. The number of nitrogens with two attached hydrogens (primary N) is 1. The van der Waals surface area contributed by atoms with E-state index in [2.05, 4.69) is 15.9 Å². The highest BCUT2D eigenvalue weighted by Gasteiger charge is 2.13. The minimum atomic E-state index is 0.155. The van der Waals surface area contributed by atoms with Crippen LogP contribution in [-0.2, 0) is 12.8 Å². The maximum absolute atomic E-state index is 12.3. The molecule has 0 atom stereocenters. The van der Waals surface area contributed by atoms with Crippen molar-refractivity contribution < 1.29 is 4.79 Å². The summed E-state index contributed by atoms with van der Waals surface area (Å²) in [5.74, 6) is 0.155. The lowest BCUT2D eigenvalue weighted by Gasteiger charge is -2.07. The van der Waals surface area contributed by atoms with Crippen LogP contribution in [0.4, 0.5) is 0 Å². The summed E-state index contributed by atoms with van der Waals surface area (Å²) in [6, 6.07) is 9.68. The molecule has 1 aromatic carbocycles. The number of rotatable bonds is 5. The van der Waals surface area contributed by atoms with Gasteiger partial charge in [0.15, 0.2) is 5.78 Å². The minimum absolute atomic E-state index is 0.155. The second kappa shape index (κ2) is 6.27. The van der Waals surface area contributed by atoms with E-state index in [9.17, 15) is 4.79 Å². The van der Waals surface area contributed by atoms with Gasteiger partial charge < -0.3 is 5.73 Å². The van der Waals surface area contributed by atoms with E-state index in [1.807, 2.05) is 35.7 Å². The molecule has 2 aromatic rings. The van der Waals surface area contributed by atoms with E-state index in [1.165, 1.54) is 0 Å². The Bertz CT molecular complexity index is 550. The van der Waals surface area contributed by atoms with Gasteiger partial charge in [-0.2, -0.15) is 0 Å². The first-order valence-corrected chi connectivity index (χ1v) is 7.42. The van der Waals surface area contributed by atoms with Gasteiger partial charge in [0, 0.05) is 21.3 Å². The topological polar surface area (TPSA) is 43.1 Å². The lowest BCUT2D eigenvalue weighted by Crippen LogP contribution is -2.10. The molecule has 4 heteroatoms. The second-order valence-corrected chi connectivity index (χ2v) is 5.84. The highest BCUT2D eigenvalue weighted by molar-refractivity contribution is 9.10. The fourth-order valence-corrected chi connectivity index (χ4v) is 3.35. The Morgan fingerprint density at radius 3 is 2.72 bits per heavy atom. The van der Waals surface area contributed by atoms with Crippen LogP contribution in [-0.4, -0.2) is 12.3 Å². The first-order valence-electron chi connectivity index (χ1n) is 5.75. The maximum Gasteiger partial charge on any atom is 0.168 e. The van der Waals surface area contributed by atoms with E-state index in [0.29, 0.717) is 13.0 Å². The summed E-state index contributed by atoms with van der Waals surface area (Å²) in [6.45, 7) is 0.562. The van der Waals surface area contributed by atoms with Crippen LogP contribution >= 0.6 is 27.3 Å². The number of halogens is 1. The molecule has 1 heterocycles. The van der Waals surface area contributed by atoms with Crippen molar-refractivity contribution in [3.05, 3.63) is 56.2 Å². The van der Waals surface area contributed by atoms with Gasteiger partial charge in [0.05, 0.1) is 0 Å². The van der Waals surface area contributed by atoms with Crippen LogP contribution in [0.5, 0.6) is 0 Å². The number of hydrogen-bond donors (Lipinski definition) is 1. The quantitative estimate of drug-likeness (QED) is 0.856. The van der Waals surface area contributed by atoms with Crippen molar-refractivity contribution in [2.75, 3.05) is 6.54 Å². The zero-order valence-electron chi connectivity index (χ0n) is 9.86. The molecule has 2 nitrogen and oxygen atoms in total. The molecular weight excluding hydrogens is 310 g/mol. The number of benzene rings is 1. The van der Waals surface area contributed by atoms with Gasteiger partial charge in [0.25, 0.3) is 0 Å². The molecule has 0 spiro atoms. The minimum Gasteiger partial charge on any atom is -0.330 e. The van der Waals surface area contributed by atoms with Crippen molar-refractivity contribution in [3.63, 3.8) is 0 Å². The van der Waals surface area contributed by atoms with Gasteiger partial charge in [0.2, 0.25) is 0 Å². The number of hydrogen-bond acceptors (Lipinski definition) is 3. The Morgan fingerprint density at radius 2 is 2.06 bits per heavy atom. The highest BCUT2D eigenvalue weighted by Crippen LogP contribution is 2.24. The largest absolute Gasteiger partial charge is 0.330 e. The summed E-state index contributed by atoms with van der Waals surface area (Å²) < 4.78 is 1.01. The normalized spacial score (nSPS) is 10.6. The van der Waals surface area contributed by atoms with Crippen LogP contribution in [0.25, 0.3) is 0 Å². The Balaban J connectivity index is 2.21. The van der Waals surface area contributed by atoms with Crippen LogP contribution in [0.1, 0.15) is 20.8 Å². The Kier molecular flexibility index (Phi) is 4.69. The SMILES string of the molecule is NCCc1ccccc1C(=O)Cc1sccc1Br. The summed E-state index contributed by atoms with van der Waals surface area (Å²) in [6.07, 6.45) is 1.19. The Hall–Kier alpha value is -0.970. The van der Waals surface area contributed by atoms with E-state index in [4.69, 9.17) is 5.73 Å². The predicted octanol–water partition coefficient (Wildman–Crippen LogP) is 3.44. The Morgan fingerprint density at radius 1 is 1.28 bits per heavy atom. The monoisotopic (exact) mass is 323 g/mol. The average molecular weight is 324 g/mol. The van der Waals surface area contributed by atoms with Gasteiger partial charge in [-0.15, -0.1) is 11.3 Å². The van der Waals surface area contributed by atoms with Crippen molar-refractivity contribution in [1.82, 2.24) is 0 Å². The van der Waals surface area contributed by atoms with E-state index in [0.717, 1.165) is 26.9 Å². The fraction of sp³-hybridized carbons (Fsp3) is 0.214. The molecule has 0 fully saturated rings. The molecule has 2 rings (SSSR count). The summed E-state index contributed by atoms with van der Waals surface area (Å²) in [5, 5.41) is 1.98. The number of Topliss-reactive ketones (excluding diaryl/α,β-unsaturated/α-hetero) is 1. The number of thiophene rings is 1. The summed E-state index contributed by atoms with van der Waals surface area (Å²) >= 11 is 5.05. The third kappa shape index (κ3) is 3.07. The summed E-state index contributed by atoms with van der Waals surface area (Å²) in [7, 11) is 0. The number of carbonyl (C=O) groups excluding carboxylic acids is 1. The zero-order chi connectivity index (χ0) is 13.0. The van der Waals surface area contributed by atoms with Gasteiger partial charge in [0.1, 0.15) is 0 Å². The highest BCUT2D eigenvalue weighted by atomic mass is 79.9. The molecule has 0 aliphatic carbocycles. The molecule has 0 aliphatic rings. The molecule has 0 saturated carbocycles. The van der Waals surface area contributed by atoms with Crippen molar-refractivity contribution in [2.45, 2.75) is 12.8 Å². The summed E-state index contributed by atoms with van der Waals surface area (Å²) in [5.41, 5.74) is 7.41. The third-order valence-electron chi connectivity index (χ3n) is 2.74. The van der Waals surface area contributed by atoms with Gasteiger partial charge in [-0.25, -0.2) is 0 Å².